The second-order valence-corrected chi connectivity index (χ2v) is 6.98. The Morgan fingerprint density at radius 3 is 2.86 bits per heavy atom. The van der Waals surface area contributed by atoms with E-state index in [1.54, 1.807) is 13.2 Å². The van der Waals surface area contributed by atoms with E-state index in [-0.39, 0.29) is 11.6 Å². The van der Waals surface area contributed by atoms with Crippen LogP contribution in [0.15, 0.2) is 44.2 Å². The van der Waals surface area contributed by atoms with Crippen molar-refractivity contribution in [2.45, 2.75) is 12.5 Å². The molecule has 0 amide bonds. The van der Waals surface area contributed by atoms with E-state index >= 15 is 0 Å². The maximum atomic E-state index is 11.9. The fourth-order valence-electron chi connectivity index (χ4n) is 2.64. The standard InChI is InChI=1S/C15H16Br2N4O/c1-20-15(22)14(17)12(8-18-20)19-10-6-7-21(9-10)13-5-3-2-4-11(13)16/h2-5,8,10,19H,6-7,9H2,1H3. The average molecular weight is 428 g/mol. The van der Waals surface area contributed by atoms with E-state index in [4.69, 9.17) is 0 Å². The minimum absolute atomic E-state index is 0.134. The number of rotatable bonds is 3. The number of para-hydroxylation sites is 1. The van der Waals surface area contributed by atoms with Crippen molar-refractivity contribution < 1.29 is 0 Å². The Kier molecular flexibility index (Phi) is 4.54. The van der Waals surface area contributed by atoms with Gasteiger partial charge in [0.15, 0.2) is 0 Å². The molecule has 1 fully saturated rings. The van der Waals surface area contributed by atoms with Crippen LogP contribution in [0.25, 0.3) is 0 Å². The molecule has 3 rings (SSSR count). The van der Waals surface area contributed by atoms with Crippen LogP contribution in [-0.2, 0) is 7.05 Å². The molecule has 1 unspecified atom stereocenters. The second-order valence-electron chi connectivity index (χ2n) is 5.33. The van der Waals surface area contributed by atoms with Crippen LogP contribution in [0, 0.1) is 0 Å². The van der Waals surface area contributed by atoms with Crippen LogP contribution in [0.5, 0.6) is 0 Å². The molecule has 1 aliphatic rings. The van der Waals surface area contributed by atoms with Gasteiger partial charge in [0, 0.05) is 30.7 Å². The summed E-state index contributed by atoms with van der Waals surface area (Å²) in [7, 11) is 1.64. The van der Waals surface area contributed by atoms with Gasteiger partial charge in [-0.3, -0.25) is 4.79 Å². The molecule has 22 heavy (non-hydrogen) atoms. The second kappa shape index (κ2) is 6.42. The maximum absolute atomic E-state index is 11.9. The van der Waals surface area contributed by atoms with E-state index in [1.807, 2.05) is 12.1 Å². The van der Waals surface area contributed by atoms with Crippen molar-refractivity contribution in [1.82, 2.24) is 9.78 Å². The zero-order valence-corrected chi connectivity index (χ0v) is 15.3. The van der Waals surface area contributed by atoms with Crippen LogP contribution >= 0.6 is 31.9 Å². The molecule has 0 spiro atoms. The van der Waals surface area contributed by atoms with Crippen LogP contribution in [0.2, 0.25) is 0 Å². The molecule has 1 aliphatic heterocycles. The van der Waals surface area contributed by atoms with Crippen molar-refractivity contribution in [3.63, 3.8) is 0 Å². The number of aromatic nitrogens is 2. The van der Waals surface area contributed by atoms with Crippen molar-refractivity contribution in [2.24, 2.45) is 7.05 Å². The maximum Gasteiger partial charge on any atom is 0.282 e. The van der Waals surface area contributed by atoms with E-state index in [1.165, 1.54) is 10.4 Å². The largest absolute Gasteiger partial charge is 0.378 e. The first kappa shape index (κ1) is 15.6. The number of hydrogen-bond acceptors (Lipinski definition) is 4. The van der Waals surface area contributed by atoms with E-state index in [9.17, 15) is 4.79 Å². The molecule has 0 aliphatic carbocycles. The highest BCUT2D eigenvalue weighted by molar-refractivity contribution is 9.11. The van der Waals surface area contributed by atoms with Crippen LogP contribution in [0.1, 0.15) is 6.42 Å². The van der Waals surface area contributed by atoms with E-state index in [0.717, 1.165) is 29.7 Å². The molecule has 0 radical (unpaired) electrons. The first-order valence-corrected chi connectivity index (χ1v) is 8.62. The Labute approximate surface area is 145 Å². The minimum Gasteiger partial charge on any atom is -0.378 e. The van der Waals surface area contributed by atoms with Crippen LogP contribution in [0.3, 0.4) is 0 Å². The van der Waals surface area contributed by atoms with Gasteiger partial charge in [0.1, 0.15) is 4.47 Å². The quantitative estimate of drug-likeness (QED) is 0.817. The van der Waals surface area contributed by atoms with E-state index in [2.05, 4.69) is 59.3 Å². The Morgan fingerprint density at radius 1 is 1.32 bits per heavy atom. The normalized spacial score (nSPS) is 17.8. The minimum atomic E-state index is -0.134. The molecule has 1 aromatic heterocycles. The highest BCUT2D eigenvalue weighted by Gasteiger charge is 2.24. The number of anilines is 2. The van der Waals surface area contributed by atoms with Gasteiger partial charge in [0.25, 0.3) is 5.56 Å². The summed E-state index contributed by atoms with van der Waals surface area (Å²) in [5.41, 5.74) is 1.82. The SMILES string of the molecule is Cn1ncc(NC2CCN(c3ccccc3Br)C2)c(Br)c1=O. The van der Waals surface area contributed by atoms with Crippen molar-refractivity contribution in [3.8, 4) is 0 Å². The molecule has 2 aromatic rings. The summed E-state index contributed by atoms with van der Waals surface area (Å²) >= 11 is 6.95. The Morgan fingerprint density at radius 2 is 2.09 bits per heavy atom. The summed E-state index contributed by atoms with van der Waals surface area (Å²) in [6.07, 6.45) is 2.70. The predicted molar refractivity (Wildman–Crippen MR) is 95.6 cm³/mol. The fourth-order valence-corrected chi connectivity index (χ4v) is 3.65. The molecule has 1 N–H and O–H groups in total. The summed E-state index contributed by atoms with van der Waals surface area (Å²) in [4.78, 5) is 14.2. The third kappa shape index (κ3) is 3.05. The molecule has 2 heterocycles. The summed E-state index contributed by atoms with van der Waals surface area (Å²) in [6, 6.07) is 8.52. The third-order valence-corrected chi connectivity index (χ3v) is 5.26. The first-order valence-electron chi connectivity index (χ1n) is 7.04. The molecule has 116 valence electrons. The van der Waals surface area contributed by atoms with E-state index < -0.39 is 0 Å². The Hall–Kier alpha value is -1.34. The van der Waals surface area contributed by atoms with Crippen molar-refractivity contribution in [1.29, 1.82) is 0 Å². The van der Waals surface area contributed by atoms with Gasteiger partial charge in [0.05, 0.1) is 17.6 Å². The zero-order chi connectivity index (χ0) is 15.7. The highest BCUT2D eigenvalue weighted by atomic mass is 79.9. The number of nitrogens with zero attached hydrogens (tertiary/aromatic N) is 3. The summed E-state index contributed by atoms with van der Waals surface area (Å²) < 4.78 is 2.95. The van der Waals surface area contributed by atoms with Gasteiger partial charge in [-0.1, -0.05) is 12.1 Å². The van der Waals surface area contributed by atoms with Gasteiger partial charge in [-0.05, 0) is 50.4 Å². The van der Waals surface area contributed by atoms with Gasteiger partial charge < -0.3 is 10.2 Å². The van der Waals surface area contributed by atoms with Gasteiger partial charge in [-0.25, -0.2) is 4.68 Å². The molecule has 1 atom stereocenters. The number of aryl methyl sites for hydroxylation is 1. The zero-order valence-electron chi connectivity index (χ0n) is 12.1. The van der Waals surface area contributed by atoms with Gasteiger partial charge in [-0.15, -0.1) is 0 Å². The van der Waals surface area contributed by atoms with Gasteiger partial charge in [0.2, 0.25) is 0 Å². The lowest BCUT2D eigenvalue weighted by atomic mass is 10.2. The van der Waals surface area contributed by atoms with Crippen LogP contribution in [0.4, 0.5) is 11.4 Å². The van der Waals surface area contributed by atoms with Crippen molar-refractivity contribution >= 4 is 43.2 Å². The first-order chi connectivity index (χ1) is 10.6. The van der Waals surface area contributed by atoms with Crippen molar-refractivity contribution in [3.05, 3.63) is 49.8 Å². The fraction of sp³-hybridized carbons (Fsp3) is 0.333. The highest BCUT2D eigenvalue weighted by Crippen LogP contribution is 2.29. The lowest BCUT2D eigenvalue weighted by molar-refractivity contribution is 0.699. The number of hydrogen-bond donors (Lipinski definition) is 1. The average Bonchev–Trinajstić information content (AvgIpc) is 2.97. The molecular weight excluding hydrogens is 412 g/mol. The lowest BCUT2D eigenvalue weighted by Crippen LogP contribution is -2.28. The third-order valence-electron chi connectivity index (χ3n) is 3.82. The Bertz CT molecular complexity index is 747. The topological polar surface area (TPSA) is 50.2 Å². The van der Waals surface area contributed by atoms with Crippen LogP contribution < -0.4 is 15.8 Å². The smallest absolute Gasteiger partial charge is 0.282 e. The molecule has 5 nitrogen and oxygen atoms in total. The summed E-state index contributed by atoms with van der Waals surface area (Å²) in [6.45, 7) is 1.88. The van der Waals surface area contributed by atoms with Crippen molar-refractivity contribution in [2.75, 3.05) is 23.3 Å². The molecule has 1 saturated heterocycles. The number of benzene rings is 1. The lowest BCUT2D eigenvalue weighted by Gasteiger charge is -2.21. The number of nitrogens with one attached hydrogen (secondary N) is 1. The molecule has 7 heteroatoms. The molecule has 0 bridgehead atoms. The van der Waals surface area contributed by atoms with Gasteiger partial charge >= 0.3 is 0 Å². The predicted octanol–water partition coefficient (Wildman–Crippen LogP) is 3.00. The summed E-state index contributed by atoms with van der Waals surface area (Å²) in [5, 5.41) is 7.48. The molecule has 1 aromatic carbocycles. The molecule has 0 saturated carbocycles. The van der Waals surface area contributed by atoms with Crippen LogP contribution in [-0.4, -0.2) is 28.9 Å². The van der Waals surface area contributed by atoms with E-state index in [0.29, 0.717) is 4.47 Å². The Balaban J connectivity index is 1.73. The molecular formula is C15H16Br2N4O. The van der Waals surface area contributed by atoms with Gasteiger partial charge in [-0.2, -0.15) is 5.10 Å². The number of halogens is 2. The monoisotopic (exact) mass is 426 g/mol. The summed E-state index contributed by atoms with van der Waals surface area (Å²) in [5.74, 6) is 0.